The van der Waals surface area contributed by atoms with Crippen LogP contribution in [0.4, 0.5) is 18.9 Å². The standard InChI is InChI=1S/C15H21F3N2O.ClH/c1-9(14(2,3)4)13(21)20-12-6-10(8-19)5-11(7-12)15(16,17)18;/h5-7,9H,8,19H2,1-4H3,(H,20,21);1H. The lowest BCUT2D eigenvalue weighted by atomic mass is 9.81. The fraction of sp³-hybridized carbons (Fsp3) is 0.533. The fourth-order valence-electron chi connectivity index (χ4n) is 1.69. The van der Waals surface area contributed by atoms with Crippen LogP contribution in [0.15, 0.2) is 18.2 Å². The Bertz CT molecular complexity index is 524. The molecule has 0 spiro atoms. The van der Waals surface area contributed by atoms with Crippen molar-refractivity contribution in [3.8, 4) is 0 Å². The number of nitrogens with two attached hydrogens (primary N) is 1. The Labute approximate surface area is 134 Å². The van der Waals surface area contributed by atoms with E-state index < -0.39 is 11.7 Å². The molecule has 0 aromatic heterocycles. The first-order valence-corrected chi connectivity index (χ1v) is 6.67. The van der Waals surface area contributed by atoms with E-state index in [9.17, 15) is 18.0 Å². The highest BCUT2D eigenvalue weighted by molar-refractivity contribution is 5.93. The van der Waals surface area contributed by atoms with Gasteiger partial charge in [-0.2, -0.15) is 13.2 Å². The van der Waals surface area contributed by atoms with Gasteiger partial charge in [0, 0.05) is 18.2 Å². The quantitative estimate of drug-likeness (QED) is 0.867. The van der Waals surface area contributed by atoms with Gasteiger partial charge < -0.3 is 11.1 Å². The molecule has 0 radical (unpaired) electrons. The van der Waals surface area contributed by atoms with E-state index in [1.54, 1.807) is 6.92 Å². The van der Waals surface area contributed by atoms with Crippen molar-refractivity contribution in [3.63, 3.8) is 0 Å². The minimum atomic E-state index is -4.47. The third kappa shape index (κ3) is 5.50. The Hall–Kier alpha value is -1.27. The number of rotatable bonds is 3. The number of anilines is 1. The summed E-state index contributed by atoms with van der Waals surface area (Å²) < 4.78 is 38.4. The van der Waals surface area contributed by atoms with Gasteiger partial charge in [-0.05, 0) is 29.2 Å². The van der Waals surface area contributed by atoms with Crippen LogP contribution in [-0.4, -0.2) is 5.91 Å². The molecule has 1 aromatic rings. The number of hydrogen-bond acceptors (Lipinski definition) is 2. The maximum absolute atomic E-state index is 12.8. The molecular formula is C15H22ClF3N2O. The average molecular weight is 339 g/mol. The van der Waals surface area contributed by atoms with Gasteiger partial charge >= 0.3 is 6.18 Å². The van der Waals surface area contributed by atoms with E-state index in [0.717, 1.165) is 12.1 Å². The molecule has 0 fully saturated rings. The minimum absolute atomic E-state index is 0. The lowest BCUT2D eigenvalue weighted by Gasteiger charge is -2.26. The van der Waals surface area contributed by atoms with Crippen molar-refractivity contribution in [3.05, 3.63) is 29.3 Å². The largest absolute Gasteiger partial charge is 0.416 e. The number of benzene rings is 1. The van der Waals surface area contributed by atoms with Crippen molar-refractivity contribution in [2.45, 2.75) is 40.4 Å². The zero-order valence-electron chi connectivity index (χ0n) is 13.0. The van der Waals surface area contributed by atoms with Crippen LogP contribution in [0.5, 0.6) is 0 Å². The van der Waals surface area contributed by atoms with Crippen molar-refractivity contribution in [2.24, 2.45) is 17.1 Å². The number of nitrogens with one attached hydrogen (secondary N) is 1. The molecule has 3 nitrogen and oxygen atoms in total. The number of carbonyl (C=O) groups excluding carboxylic acids is 1. The summed E-state index contributed by atoms with van der Waals surface area (Å²) >= 11 is 0. The molecule has 22 heavy (non-hydrogen) atoms. The Morgan fingerprint density at radius 3 is 2.18 bits per heavy atom. The number of amides is 1. The molecule has 126 valence electrons. The van der Waals surface area contributed by atoms with Gasteiger partial charge in [0.1, 0.15) is 0 Å². The summed E-state index contributed by atoms with van der Waals surface area (Å²) in [6, 6.07) is 3.37. The lowest BCUT2D eigenvalue weighted by Crippen LogP contribution is -2.30. The maximum Gasteiger partial charge on any atom is 0.416 e. The van der Waals surface area contributed by atoms with E-state index in [4.69, 9.17) is 5.73 Å². The van der Waals surface area contributed by atoms with E-state index in [0.29, 0.717) is 5.56 Å². The number of alkyl halides is 3. The summed E-state index contributed by atoms with van der Waals surface area (Å²) in [5, 5.41) is 2.54. The van der Waals surface area contributed by atoms with Gasteiger partial charge in [-0.3, -0.25) is 4.79 Å². The summed E-state index contributed by atoms with van der Waals surface area (Å²) in [7, 11) is 0. The van der Waals surface area contributed by atoms with Crippen LogP contribution < -0.4 is 11.1 Å². The SMILES string of the molecule is CC(C(=O)Nc1cc(CN)cc(C(F)(F)F)c1)C(C)(C)C.Cl. The number of hydrogen-bond donors (Lipinski definition) is 2. The highest BCUT2D eigenvalue weighted by Gasteiger charge is 2.32. The molecule has 1 unspecified atom stereocenters. The third-order valence-electron chi connectivity index (χ3n) is 3.52. The van der Waals surface area contributed by atoms with Crippen molar-refractivity contribution >= 4 is 24.0 Å². The monoisotopic (exact) mass is 338 g/mol. The highest BCUT2D eigenvalue weighted by atomic mass is 35.5. The zero-order chi connectivity index (χ0) is 16.4. The van der Waals surface area contributed by atoms with Gasteiger partial charge in [0.15, 0.2) is 0 Å². The summed E-state index contributed by atoms with van der Waals surface area (Å²) in [5.74, 6) is -0.654. The van der Waals surface area contributed by atoms with Gasteiger partial charge in [0.25, 0.3) is 0 Å². The summed E-state index contributed by atoms with van der Waals surface area (Å²) in [6.07, 6.45) is -4.47. The van der Waals surface area contributed by atoms with Crippen LogP contribution in [0.3, 0.4) is 0 Å². The van der Waals surface area contributed by atoms with Crippen molar-refractivity contribution in [1.82, 2.24) is 0 Å². The van der Waals surface area contributed by atoms with Crippen LogP contribution in [0.25, 0.3) is 0 Å². The number of halogens is 4. The molecule has 3 N–H and O–H groups in total. The second kappa shape index (κ2) is 7.33. The number of carbonyl (C=O) groups is 1. The van der Waals surface area contributed by atoms with E-state index in [2.05, 4.69) is 5.32 Å². The van der Waals surface area contributed by atoms with Crippen molar-refractivity contribution in [2.75, 3.05) is 5.32 Å². The second-order valence-electron chi connectivity index (χ2n) is 6.20. The van der Waals surface area contributed by atoms with Gasteiger partial charge in [-0.1, -0.05) is 27.7 Å². The Balaban J connectivity index is 0.00000441. The fourth-order valence-corrected chi connectivity index (χ4v) is 1.69. The Morgan fingerprint density at radius 1 is 1.23 bits per heavy atom. The first-order valence-electron chi connectivity index (χ1n) is 6.67. The van der Waals surface area contributed by atoms with Crippen molar-refractivity contribution < 1.29 is 18.0 Å². The first-order chi connectivity index (χ1) is 9.45. The van der Waals surface area contributed by atoms with Crippen LogP contribution in [-0.2, 0) is 17.5 Å². The molecule has 1 aromatic carbocycles. The van der Waals surface area contributed by atoms with E-state index in [-0.39, 0.29) is 41.9 Å². The molecule has 0 aliphatic carbocycles. The van der Waals surface area contributed by atoms with Gasteiger partial charge in [0.05, 0.1) is 5.56 Å². The Kier molecular flexibility index (Phi) is 6.91. The van der Waals surface area contributed by atoms with Crippen LogP contribution >= 0.6 is 12.4 Å². The van der Waals surface area contributed by atoms with E-state index >= 15 is 0 Å². The predicted molar refractivity (Wildman–Crippen MR) is 83.8 cm³/mol. The molecule has 0 aliphatic rings. The average Bonchev–Trinajstić information content (AvgIpc) is 2.35. The minimum Gasteiger partial charge on any atom is -0.326 e. The van der Waals surface area contributed by atoms with Gasteiger partial charge in [-0.15, -0.1) is 12.4 Å². The first kappa shape index (κ1) is 20.7. The molecule has 0 aliphatic heterocycles. The van der Waals surface area contributed by atoms with E-state index in [1.165, 1.54) is 6.07 Å². The van der Waals surface area contributed by atoms with Crippen LogP contribution in [0.1, 0.15) is 38.8 Å². The predicted octanol–water partition coefficient (Wildman–Crippen LogP) is 4.21. The molecule has 7 heteroatoms. The summed E-state index contributed by atoms with van der Waals surface area (Å²) in [5.41, 5.74) is 4.76. The molecule has 0 bridgehead atoms. The van der Waals surface area contributed by atoms with Gasteiger partial charge in [0.2, 0.25) is 5.91 Å². The molecule has 1 amide bonds. The topological polar surface area (TPSA) is 55.1 Å². The molecule has 1 rings (SSSR count). The highest BCUT2D eigenvalue weighted by Crippen LogP contribution is 2.32. The second-order valence-corrected chi connectivity index (χ2v) is 6.20. The maximum atomic E-state index is 12.8. The molecule has 0 saturated heterocycles. The normalized spacial score (nSPS) is 13.3. The molecule has 0 saturated carbocycles. The molecule has 1 atom stereocenters. The zero-order valence-corrected chi connectivity index (χ0v) is 13.9. The van der Waals surface area contributed by atoms with Gasteiger partial charge in [-0.25, -0.2) is 0 Å². The lowest BCUT2D eigenvalue weighted by molar-refractivity contribution is -0.137. The molecule has 0 heterocycles. The smallest absolute Gasteiger partial charge is 0.326 e. The molecular weight excluding hydrogens is 317 g/mol. The Morgan fingerprint density at radius 2 is 1.77 bits per heavy atom. The summed E-state index contributed by atoms with van der Waals surface area (Å²) in [4.78, 5) is 12.1. The third-order valence-corrected chi connectivity index (χ3v) is 3.52. The van der Waals surface area contributed by atoms with E-state index in [1.807, 2.05) is 20.8 Å². The van der Waals surface area contributed by atoms with Crippen LogP contribution in [0, 0.1) is 11.3 Å². The van der Waals surface area contributed by atoms with Crippen LogP contribution in [0.2, 0.25) is 0 Å². The summed E-state index contributed by atoms with van der Waals surface area (Å²) in [6.45, 7) is 7.41. The van der Waals surface area contributed by atoms with Crippen molar-refractivity contribution in [1.29, 1.82) is 0 Å².